The van der Waals surface area contributed by atoms with Gasteiger partial charge in [0.05, 0.1) is 18.8 Å². The summed E-state index contributed by atoms with van der Waals surface area (Å²) in [6, 6.07) is 16.1. The maximum Gasteiger partial charge on any atom is 0.251 e. The van der Waals surface area contributed by atoms with Crippen molar-refractivity contribution in [3.8, 4) is 0 Å². The fraction of sp³-hybridized carbons (Fsp3) is 0.350. The van der Waals surface area contributed by atoms with E-state index in [0.29, 0.717) is 12.2 Å². The highest BCUT2D eigenvalue weighted by Crippen LogP contribution is 2.35. The lowest BCUT2D eigenvalue weighted by atomic mass is 10.0. The maximum absolute atomic E-state index is 12.6. The molecule has 2 aromatic carbocycles. The molecule has 1 heterocycles. The molecular formula is C20H23NO2S. The quantitative estimate of drug-likeness (QED) is 0.865. The Morgan fingerprint density at radius 3 is 2.71 bits per heavy atom. The van der Waals surface area contributed by atoms with Gasteiger partial charge >= 0.3 is 0 Å². The van der Waals surface area contributed by atoms with Crippen molar-refractivity contribution >= 4 is 17.7 Å². The van der Waals surface area contributed by atoms with Crippen LogP contribution in [0.25, 0.3) is 0 Å². The number of fused-ring (bicyclic) bond motifs is 1. The van der Waals surface area contributed by atoms with Crippen LogP contribution in [0.4, 0.5) is 0 Å². The molecule has 1 aliphatic rings. The molecule has 0 radical (unpaired) electrons. The molecular weight excluding hydrogens is 318 g/mol. The van der Waals surface area contributed by atoms with Gasteiger partial charge in [-0.1, -0.05) is 30.3 Å². The average molecular weight is 341 g/mol. The van der Waals surface area contributed by atoms with Crippen molar-refractivity contribution in [1.29, 1.82) is 0 Å². The van der Waals surface area contributed by atoms with Crippen molar-refractivity contribution in [1.82, 2.24) is 5.32 Å². The van der Waals surface area contributed by atoms with Crippen molar-refractivity contribution in [3.05, 3.63) is 65.2 Å². The van der Waals surface area contributed by atoms with Gasteiger partial charge in [0.15, 0.2) is 0 Å². The zero-order valence-corrected chi connectivity index (χ0v) is 14.9. The van der Waals surface area contributed by atoms with Crippen LogP contribution in [-0.2, 0) is 11.3 Å². The molecule has 24 heavy (non-hydrogen) atoms. The van der Waals surface area contributed by atoms with E-state index >= 15 is 0 Å². The Balaban J connectivity index is 1.65. The lowest BCUT2D eigenvalue weighted by Gasteiger charge is -2.25. The Morgan fingerprint density at radius 1 is 1.21 bits per heavy atom. The largest absolute Gasteiger partial charge is 0.374 e. The van der Waals surface area contributed by atoms with Gasteiger partial charge in [0.1, 0.15) is 0 Å². The lowest BCUT2D eigenvalue weighted by molar-refractivity contribution is 0.0656. The summed E-state index contributed by atoms with van der Waals surface area (Å²) in [6.07, 6.45) is 1.17. The van der Waals surface area contributed by atoms with E-state index in [4.69, 9.17) is 4.74 Å². The van der Waals surface area contributed by atoms with E-state index in [1.165, 1.54) is 10.5 Å². The first-order valence-electron chi connectivity index (χ1n) is 8.36. The van der Waals surface area contributed by atoms with Crippen LogP contribution < -0.4 is 5.32 Å². The molecule has 1 amide bonds. The fourth-order valence-electron chi connectivity index (χ4n) is 2.75. The monoisotopic (exact) mass is 341 g/mol. The Hall–Kier alpha value is -1.78. The third kappa shape index (κ3) is 4.19. The summed E-state index contributed by atoms with van der Waals surface area (Å²) in [6.45, 7) is 4.61. The summed E-state index contributed by atoms with van der Waals surface area (Å²) in [5, 5.41) is 3.18. The second-order valence-corrected chi connectivity index (χ2v) is 7.39. The summed E-state index contributed by atoms with van der Waals surface area (Å²) in [5.74, 6) is 1.02. The van der Waals surface area contributed by atoms with Gasteiger partial charge in [-0.3, -0.25) is 4.79 Å². The highest BCUT2D eigenvalue weighted by molar-refractivity contribution is 7.99. The molecule has 3 nitrogen and oxygen atoms in total. The van der Waals surface area contributed by atoms with Gasteiger partial charge in [0, 0.05) is 16.2 Å². The molecule has 0 aliphatic carbocycles. The number of carbonyl (C=O) groups is 1. The van der Waals surface area contributed by atoms with Crippen LogP contribution in [0.5, 0.6) is 0 Å². The lowest BCUT2D eigenvalue weighted by Crippen LogP contribution is -2.30. The molecule has 0 aromatic heterocycles. The minimum atomic E-state index is -0.0157. The van der Waals surface area contributed by atoms with Crippen LogP contribution in [0.15, 0.2) is 53.4 Å². The number of amides is 1. The van der Waals surface area contributed by atoms with E-state index < -0.39 is 0 Å². The van der Waals surface area contributed by atoms with Crippen molar-refractivity contribution in [3.63, 3.8) is 0 Å². The number of hydrogen-bond acceptors (Lipinski definition) is 3. The number of thioether (sulfide) groups is 1. The standard InChI is InChI=1S/C20H23NO2S/c1-14(2)23-13-15-7-9-16(10-8-15)20(22)21-18-11-12-24-19-6-4-3-5-17(18)19/h3-10,14,18H,11-13H2,1-2H3,(H,21,22). The number of ether oxygens (including phenoxy) is 1. The first-order valence-corrected chi connectivity index (χ1v) is 9.35. The third-order valence-corrected chi connectivity index (χ3v) is 5.19. The molecule has 126 valence electrons. The van der Waals surface area contributed by atoms with Gasteiger partial charge < -0.3 is 10.1 Å². The van der Waals surface area contributed by atoms with Crippen molar-refractivity contribution in [2.24, 2.45) is 0 Å². The first kappa shape index (κ1) is 17.1. The van der Waals surface area contributed by atoms with Crippen LogP contribution in [-0.4, -0.2) is 17.8 Å². The molecule has 1 atom stereocenters. The molecule has 0 spiro atoms. The molecule has 0 fully saturated rings. The van der Waals surface area contributed by atoms with Crippen LogP contribution in [0, 0.1) is 0 Å². The van der Waals surface area contributed by atoms with Crippen LogP contribution in [0.3, 0.4) is 0 Å². The number of hydrogen-bond donors (Lipinski definition) is 1. The first-order chi connectivity index (χ1) is 11.6. The molecule has 4 heteroatoms. The Bertz CT molecular complexity index is 697. The summed E-state index contributed by atoms with van der Waals surface area (Å²) < 4.78 is 5.59. The van der Waals surface area contributed by atoms with E-state index in [0.717, 1.165) is 17.7 Å². The second-order valence-electron chi connectivity index (χ2n) is 6.26. The van der Waals surface area contributed by atoms with Crippen LogP contribution in [0.1, 0.15) is 47.8 Å². The zero-order chi connectivity index (χ0) is 16.9. The van der Waals surface area contributed by atoms with E-state index in [1.54, 1.807) is 0 Å². The van der Waals surface area contributed by atoms with Crippen molar-refractivity contribution in [2.45, 2.75) is 43.9 Å². The summed E-state index contributed by atoms with van der Waals surface area (Å²) in [5.41, 5.74) is 3.00. The van der Waals surface area contributed by atoms with Crippen LogP contribution in [0.2, 0.25) is 0 Å². The minimum absolute atomic E-state index is 0.0157. The molecule has 1 aliphatic heterocycles. The molecule has 0 saturated carbocycles. The number of benzene rings is 2. The van der Waals surface area contributed by atoms with E-state index in [1.807, 2.05) is 62.0 Å². The zero-order valence-electron chi connectivity index (χ0n) is 14.1. The molecule has 3 rings (SSSR count). The van der Waals surface area contributed by atoms with Gasteiger partial charge in [-0.15, -0.1) is 11.8 Å². The van der Waals surface area contributed by atoms with E-state index in [2.05, 4.69) is 17.4 Å². The van der Waals surface area contributed by atoms with E-state index in [-0.39, 0.29) is 18.1 Å². The van der Waals surface area contributed by atoms with Gasteiger partial charge in [-0.2, -0.15) is 0 Å². The molecule has 1 unspecified atom stereocenters. The predicted molar refractivity (Wildman–Crippen MR) is 98.4 cm³/mol. The number of carbonyl (C=O) groups excluding carboxylic acids is 1. The summed E-state index contributed by atoms with van der Waals surface area (Å²) in [7, 11) is 0. The number of nitrogens with one attached hydrogen (secondary N) is 1. The smallest absolute Gasteiger partial charge is 0.251 e. The molecule has 0 bridgehead atoms. The Labute approximate surface area is 147 Å². The van der Waals surface area contributed by atoms with Gasteiger partial charge in [0.25, 0.3) is 5.91 Å². The highest BCUT2D eigenvalue weighted by Gasteiger charge is 2.22. The number of rotatable bonds is 5. The summed E-state index contributed by atoms with van der Waals surface area (Å²) >= 11 is 1.86. The summed E-state index contributed by atoms with van der Waals surface area (Å²) in [4.78, 5) is 13.8. The normalized spacial score (nSPS) is 16.7. The van der Waals surface area contributed by atoms with Gasteiger partial charge in [0.2, 0.25) is 0 Å². The topological polar surface area (TPSA) is 38.3 Å². The van der Waals surface area contributed by atoms with Crippen LogP contribution >= 0.6 is 11.8 Å². The van der Waals surface area contributed by atoms with Crippen molar-refractivity contribution < 1.29 is 9.53 Å². The maximum atomic E-state index is 12.6. The second kappa shape index (κ2) is 7.86. The Kier molecular flexibility index (Phi) is 5.59. The van der Waals surface area contributed by atoms with Gasteiger partial charge in [-0.05, 0) is 49.6 Å². The predicted octanol–water partition coefficient (Wildman–Crippen LogP) is 4.58. The highest BCUT2D eigenvalue weighted by atomic mass is 32.2. The van der Waals surface area contributed by atoms with E-state index in [9.17, 15) is 4.79 Å². The molecule has 2 aromatic rings. The third-order valence-electron chi connectivity index (χ3n) is 4.06. The van der Waals surface area contributed by atoms with Gasteiger partial charge in [-0.25, -0.2) is 0 Å². The molecule has 1 N–H and O–H groups in total. The van der Waals surface area contributed by atoms with Crippen molar-refractivity contribution in [2.75, 3.05) is 5.75 Å². The SMILES string of the molecule is CC(C)OCc1ccc(C(=O)NC2CCSc3ccccc32)cc1. The fourth-order valence-corrected chi connectivity index (χ4v) is 3.87. The molecule has 0 saturated heterocycles. The Morgan fingerprint density at radius 2 is 1.96 bits per heavy atom. The average Bonchev–Trinajstić information content (AvgIpc) is 2.60. The minimum Gasteiger partial charge on any atom is -0.374 e.